The highest BCUT2D eigenvalue weighted by Crippen LogP contribution is 2.69. The number of carboxylic acids is 1. The number of rotatable bonds is 5. The molecule has 4 saturated carbocycles. The van der Waals surface area contributed by atoms with Gasteiger partial charge in [0.15, 0.2) is 0 Å². The lowest BCUT2D eigenvalue weighted by molar-refractivity contribution is -0.203. The molecule has 3 N–H and O–H groups in total. The number of aliphatic carboxylic acids is 1. The van der Waals surface area contributed by atoms with Crippen LogP contribution in [-0.2, 0) is 4.79 Å². The maximum Gasteiger partial charge on any atom is 0.303 e. The number of fused-ring (bicyclic) bond motifs is 5. The summed E-state index contributed by atoms with van der Waals surface area (Å²) in [5, 5.41) is 31.8. The molecular formula is C26H44O4. The molecule has 4 heteroatoms. The van der Waals surface area contributed by atoms with E-state index in [9.17, 15) is 21.5 Å². The fraction of sp³-hybridized carbons (Fsp3) is 0.962. The third-order valence-corrected chi connectivity index (χ3v) is 10.2. The highest BCUT2D eigenvalue weighted by Gasteiger charge is 2.64. The molecule has 0 aromatic carbocycles. The number of aliphatic hydroxyl groups excluding tert-OH is 2. The van der Waals surface area contributed by atoms with Gasteiger partial charge in [0, 0.05) is 14.6 Å². The molecule has 0 aromatic heterocycles. The lowest BCUT2D eigenvalue weighted by atomic mass is 9.41. The van der Waals surface area contributed by atoms with Crippen molar-refractivity contribution in [1.82, 2.24) is 0 Å². The third-order valence-electron chi connectivity index (χ3n) is 10.2. The van der Waals surface area contributed by atoms with E-state index in [1.165, 1.54) is 0 Å². The SMILES string of the molecule is [2H]C([2H])([2H])C[C@]1([2H])[C@@H](O)[C@H]2[C@@H]3CC[C@H]([C@H](C)CC([2H])([2H])C(=O)O)[C@@]3(C)CC[C@@H]2[C@@]2(C)CC[C@@H](O)C[C@@H]12. The van der Waals surface area contributed by atoms with Gasteiger partial charge in [-0.25, -0.2) is 0 Å². The summed E-state index contributed by atoms with van der Waals surface area (Å²) in [4.78, 5) is 11.5. The van der Waals surface area contributed by atoms with Gasteiger partial charge in [0.1, 0.15) is 0 Å². The zero-order valence-corrected chi connectivity index (χ0v) is 18.7. The van der Waals surface area contributed by atoms with Crippen molar-refractivity contribution in [2.45, 2.75) is 104 Å². The first kappa shape index (κ1) is 16.1. The predicted octanol–water partition coefficient (Wildman–Crippen LogP) is 5.11. The predicted molar refractivity (Wildman–Crippen MR) is 118 cm³/mol. The smallest absolute Gasteiger partial charge is 0.303 e. The van der Waals surface area contributed by atoms with E-state index in [4.69, 9.17) is 6.85 Å². The van der Waals surface area contributed by atoms with Crippen LogP contribution in [0.1, 0.15) is 100 Å². The van der Waals surface area contributed by atoms with Crippen molar-refractivity contribution in [3.63, 3.8) is 0 Å². The second kappa shape index (κ2) is 8.06. The summed E-state index contributed by atoms with van der Waals surface area (Å²) in [5.74, 6) is -3.49. The van der Waals surface area contributed by atoms with Gasteiger partial charge >= 0.3 is 5.97 Å². The summed E-state index contributed by atoms with van der Waals surface area (Å²) in [6.07, 6.45) is 0.603. The number of hydrogen-bond donors (Lipinski definition) is 3. The maximum atomic E-state index is 11.9. The number of hydrogen-bond acceptors (Lipinski definition) is 3. The van der Waals surface area contributed by atoms with Crippen LogP contribution in [0.2, 0.25) is 0 Å². The van der Waals surface area contributed by atoms with Gasteiger partial charge in [0.25, 0.3) is 0 Å². The zero-order chi connectivity index (χ0) is 27.1. The molecule has 4 nitrogen and oxygen atoms in total. The molecule has 4 aliphatic rings. The lowest BCUT2D eigenvalue weighted by Gasteiger charge is -2.64. The first-order chi connectivity index (χ1) is 16.4. The quantitative estimate of drug-likeness (QED) is 0.570. The normalized spacial score (nSPS) is 57.8. The Morgan fingerprint density at radius 2 is 1.83 bits per heavy atom. The summed E-state index contributed by atoms with van der Waals surface area (Å²) in [7, 11) is 0. The van der Waals surface area contributed by atoms with Crippen LogP contribution < -0.4 is 0 Å². The Morgan fingerprint density at radius 1 is 1.13 bits per heavy atom. The van der Waals surface area contributed by atoms with Gasteiger partial charge in [-0.15, -0.1) is 0 Å². The first-order valence-corrected chi connectivity index (χ1v) is 12.0. The molecule has 0 aromatic rings. The number of carbonyl (C=O) groups is 1. The summed E-state index contributed by atoms with van der Waals surface area (Å²) in [6.45, 7) is 3.92. The second-order valence-electron chi connectivity index (χ2n) is 11.4. The average Bonchev–Trinajstić information content (AvgIpc) is 3.09. The van der Waals surface area contributed by atoms with E-state index in [-0.39, 0.29) is 46.8 Å². The van der Waals surface area contributed by atoms with Crippen LogP contribution in [0.3, 0.4) is 0 Å². The van der Waals surface area contributed by atoms with Crippen LogP contribution in [0, 0.1) is 52.2 Å². The van der Waals surface area contributed by atoms with Crippen molar-refractivity contribution < 1.29 is 28.3 Å². The standard InChI is InChI=1S/C26H44O4/c1-5-17-21-14-16(27)10-12-26(21,4)20-11-13-25(3)18(15(2)6-9-22(28)29)7-8-19(25)23(20)24(17)30/h15-21,23-24,27,30H,5-14H2,1-4H3,(H,28,29)/t15-,16-,17+,18-,19+,20+,21+,23+,24-,25-,26-/m1/s1/i1D3,9D2,17D. The molecule has 30 heavy (non-hydrogen) atoms. The van der Waals surface area contributed by atoms with Crippen molar-refractivity contribution in [3.05, 3.63) is 0 Å². The first-order valence-electron chi connectivity index (χ1n) is 15.0. The minimum Gasteiger partial charge on any atom is -0.481 e. The second-order valence-corrected chi connectivity index (χ2v) is 11.4. The molecule has 4 fully saturated rings. The summed E-state index contributed by atoms with van der Waals surface area (Å²) >= 11 is 0. The largest absolute Gasteiger partial charge is 0.481 e. The van der Waals surface area contributed by atoms with E-state index in [2.05, 4.69) is 13.8 Å². The van der Waals surface area contributed by atoms with Gasteiger partial charge < -0.3 is 15.3 Å². The molecule has 0 unspecified atom stereocenters. The topological polar surface area (TPSA) is 77.8 Å². The highest BCUT2D eigenvalue weighted by atomic mass is 16.4. The maximum absolute atomic E-state index is 11.9. The zero-order valence-electron chi connectivity index (χ0n) is 24.7. The molecule has 0 aliphatic heterocycles. The van der Waals surface area contributed by atoms with Gasteiger partial charge in [-0.05, 0) is 104 Å². The van der Waals surface area contributed by atoms with E-state index in [0.717, 1.165) is 32.1 Å². The lowest BCUT2D eigenvalue weighted by Crippen LogP contribution is -2.62. The Balaban J connectivity index is 1.70. The summed E-state index contributed by atoms with van der Waals surface area (Å²) < 4.78 is 49.4. The number of carboxylic acid groups (broad SMARTS) is 1. The summed E-state index contributed by atoms with van der Waals surface area (Å²) in [5.41, 5.74) is -0.559. The van der Waals surface area contributed by atoms with Crippen LogP contribution >= 0.6 is 0 Å². The van der Waals surface area contributed by atoms with Crippen LogP contribution in [0.15, 0.2) is 0 Å². The van der Waals surface area contributed by atoms with Crippen molar-refractivity contribution in [1.29, 1.82) is 0 Å². The van der Waals surface area contributed by atoms with Gasteiger partial charge in [0.05, 0.1) is 12.2 Å². The van der Waals surface area contributed by atoms with Crippen LogP contribution in [0.5, 0.6) is 0 Å². The van der Waals surface area contributed by atoms with Crippen molar-refractivity contribution in [3.8, 4) is 0 Å². The van der Waals surface area contributed by atoms with Crippen LogP contribution in [-0.4, -0.2) is 33.5 Å². The van der Waals surface area contributed by atoms with E-state index >= 15 is 0 Å². The molecule has 4 rings (SSSR count). The fourth-order valence-electron chi connectivity index (χ4n) is 8.78. The molecule has 172 valence electrons. The third kappa shape index (κ3) is 3.36. The summed E-state index contributed by atoms with van der Waals surface area (Å²) in [6, 6.07) is 0. The fourth-order valence-corrected chi connectivity index (χ4v) is 8.78. The Kier molecular flexibility index (Phi) is 4.32. The number of aliphatic hydroxyl groups is 2. The van der Waals surface area contributed by atoms with E-state index in [0.29, 0.717) is 12.8 Å². The molecule has 0 spiro atoms. The van der Waals surface area contributed by atoms with E-state index < -0.39 is 49.6 Å². The molecule has 4 aliphatic carbocycles. The van der Waals surface area contributed by atoms with Gasteiger partial charge in [-0.3, -0.25) is 4.79 Å². The van der Waals surface area contributed by atoms with Gasteiger partial charge in [-0.2, -0.15) is 0 Å². The van der Waals surface area contributed by atoms with Crippen molar-refractivity contribution in [2.24, 2.45) is 52.2 Å². The van der Waals surface area contributed by atoms with E-state index in [1.54, 1.807) is 0 Å². The highest BCUT2D eigenvalue weighted by molar-refractivity contribution is 5.66. The van der Waals surface area contributed by atoms with E-state index in [1.807, 2.05) is 6.92 Å². The van der Waals surface area contributed by atoms with Crippen molar-refractivity contribution >= 4 is 5.97 Å². The molecule has 0 amide bonds. The molecule has 0 heterocycles. The van der Waals surface area contributed by atoms with Gasteiger partial charge in [0.2, 0.25) is 0 Å². The Labute approximate surface area is 191 Å². The molecular weight excluding hydrogens is 376 g/mol. The Hall–Kier alpha value is -0.610. The van der Waals surface area contributed by atoms with Crippen LogP contribution in [0.25, 0.3) is 0 Å². The molecule has 11 atom stereocenters. The minimum absolute atomic E-state index is 0.0644. The molecule has 0 radical (unpaired) electrons. The average molecular weight is 427 g/mol. The molecule has 0 saturated heterocycles. The Bertz CT molecular complexity index is 866. The van der Waals surface area contributed by atoms with Crippen molar-refractivity contribution in [2.75, 3.05) is 0 Å². The Morgan fingerprint density at radius 3 is 2.53 bits per heavy atom. The van der Waals surface area contributed by atoms with Crippen LogP contribution in [0.4, 0.5) is 0 Å². The molecule has 0 bridgehead atoms. The monoisotopic (exact) mass is 426 g/mol. The van der Waals surface area contributed by atoms with Gasteiger partial charge in [-0.1, -0.05) is 34.0 Å². The minimum atomic E-state index is -2.37.